The Morgan fingerprint density at radius 1 is 1.32 bits per heavy atom. The molecule has 0 radical (unpaired) electrons. The van der Waals surface area contributed by atoms with Crippen LogP contribution in [0.1, 0.15) is 12.8 Å². The van der Waals surface area contributed by atoms with Gasteiger partial charge in [-0.15, -0.1) is 11.8 Å². The summed E-state index contributed by atoms with van der Waals surface area (Å²) in [6.45, 7) is 0.356. The standard InChI is InChI=1S/C12H13Cl2NO3S/c13-8-3-4-9(14)10(6-8)19-7-11(16)15-5-1-2-12(17)18/h3-4,6H,1-2,5,7H2,(H,15,16)(H,17,18). The summed E-state index contributed by atoms with van der Waals surface area (Å²) in [6, 6.07) is 5.06. The summed E-state index contributed by atoms with van der Waals surface area (Å²) in [4.78, 5) is 22.5. The Kier molecular flexibility index (Phi) is 7.05. The molecule has 0 aliphatic heterocycles. The summed E-state index contributed by atoms with van der Waals surface area (Å²) in [5.74, 6) is -0.812. The molecule has 7 heteroatoms. The van der Waals surface area contributed by atoms with Gasteiger partial charge in [0, 0.05) is 22.9 Å². The van der Waals surface area contributed by atoms with Gasteiger partial charge in [0.25, 0.3) is 0 Å². The molecule has 0 aromatic heterocycles. The fourth-order valence-electron chi connectivity index (χ4n) is 1.25. The molecule has 1 aromatic carbocycles. The number of hydrogen-bond acceptors (Lipinski definition) is 3. The number of carbonyl (C=O) groups is 2. The van der Waals surface area contributed by atoms with E-state index in [4.69, 9.17) is 28.3 Å². The molecule has 2 N–H and O–H groups in total. The van der Waals surface area contributed by atoms with Crippen molar-refractivity contribution < 1.29 is 14.7 Å². The minimum Gasteiger partial charge on any atom is -0.481 e. The molecule has 4 nitrogen and oxygen atoms in total. The van der Waals surface area contributed by atoms with E-state index < -0.39 is 5.97 Å². The molecule has 19 heavy (non-hydrogen) atoms. The highest BCUT2D eigenvalue weighted by atomic mass is 35.5. The summed E-state index contributed by atoms with van der Waals surface area (Å²) in [5.41, 5.74) is 0. The van der Waals surface area contributed by atoms with E-state index in [1.54, 1.807) is 18.2 Å². The van der Waals surface area contributed by atoms with Crippen LogP contribution in [0.5, 0.6) is 0 Å². The molecule has 104 valence electrons. The number of rotatable bonds is 7. The molecule has 0 unspecified atom stereocenters. The number of benzene rings is 1. The number of halogens is 2. The first-order valence-electron chi connectivity index (χ1n) is 5.55. The molecule has 0 spiro atoms. The van der Waals surface area contributed by atoms with Gasteiger partial charge in [-0.1, -0.05) is 23.2 Å². The first-order chi connectivity index (χ1) is 8.99. The maximum Gasteiger partial charge on any atom is 0.303 e. The fraction of sp³-hybridized carbons (Fsp3) is 0.333. The van der Waals surface area contributed by atoms with Crippen LogP contribution in [0.4, 0.5) is 0 Å². The monoisotopic (exact) mass is 321 g/mol. The molecule has 0 atom stereocenters. The van der Waals surface area contributed by atoms with Crippen LogP contribution in [-0.4, -0.2) is 29.3 Å². The van der Waals surface area contributed by atoms with Gasteiger partial charge in [-0.3, -0.25) is 9.59 Å². The van der Waals surface area contributed by atoms with Crippen molar-refractivity contribution in [3.05, 3.63) is 28.2 Å². The van der Waals surface area contributed by atoms with Gasteiger partial charge in [0.05, 0.1) is 10.8 Å². The molecule has 0 fully saturated rings. The predicted molar refractivity (Wildman–Crippen MR) is 77.1 cm³/mol. The lowest BCUT2D eigenvalue weighted by Gasteiger charge is -2.06. The summed E-state index contributed by atoms with van der Waals surface area (Å²) in [6.07, 6.45) is 0.469. The van der Waals surface area contributed by atoms with Gasteiger partial charge >= 0.3 is 5.97 Å². The first-order valence-corrected chi connectivity index (χ1v) is 7.29. The van der Waals surface area contributed by atoms with Crippen molar-refractivity contribution in [2.24, 2.45) is 0 Å². The number of carbonyl (C=O) groups excluding carboxylic acids is 1. The molecule has 1 aromatic rings. The molecule has 0 heterocycles. The summed E-state index contributed by atoms with van der Waals surface area (Å²) in [7, 11) is 0. The largest absolute Gasteiger partial charge is 0.481 e. The van der Waals surface area contributed by atoms with Gasteiger partial charge < -0.3 is 10.4 Å². The van der Waals surface area contributed by atoms with Crippen molar-refractivity contribution in [2.45, 2.75) is 17.7 Å². The second kappa shape index (κ2) is 8.30. The number of nitrogens with one attached hydrogen (secondary N) is 1. The maximum atomic E-state index is 11.5. The van der Waals surface area contributed by atoms with E-state index in [1.807, 2.05) is 0 Å². The van der Waals surface area contributed by atoms with Crippen LogP contribution >= 0.6 is 35.0 Å². The quantitative estimate of drug-likeness (QED) is 0.598. The summed E-state index contributed by atoms with van der Waals surface area (Å²) in [5, 5.41) is 12.2. The number of carboxylic acids is 1. The van der Waals surface area contributed by atoms with Gasteiger partial charge in [0.2, 0.25) is 5.91 Å². The number of carboxylic acid groups (broad SMARTS) is 1. The van der Waals surface area contributed by atoms with Crippen molar-refractivity contribution in [2.75, 3.05) is 12.3 Å². The third-order valence-corrected chi connectivity index (χ3v) is 3.87. The average Bonchev–Trinajstić information content (AvgIpc) is 2.35. The van der Waals surface area contributed by atoms with Crippen molar-refractivity contribution in [1.82, 2.24) is 5.32 Å². The topological polar surface area (TPSA) is 66.4 Å². The van der Waals surface area contributed by atoms with Crippen LogP contribution in [0.3, 0.4) is 0 Å². The maximum absolute atomic E-state index is 11.5. The first kappa shape index (κ1) is 16.1. The molecule has 0 saturated heterocycles. The molecule has 1 amide bonds. The third kappa shape index (κ3) is 6.71. The number of thioether (sulfide) groups is 1. The Hall–Kier alpha value is -0.910. The fourth-order valence-corrected chi connectivity index (χ4v) is 2.57. The number of amides is 1. The zero-order valence-electron chi connectivity index (χ0n) is 9.99. The van der Waals surface area contributed by atoms with Crippen LogP contribution in [0, 0.1) is 0 Å². The van der Waals surface area contributed by atoms with Crippen LogP contribution in [0.25, 0.3) is 0 Å². The van der Waals surface area contributed by atoms with Crippen molar-refractivity contribution in [3.63, 3.8) is 0 Å². The van der Waals surface area contributed by atoms with E-state index in [0.29, 0.717) is 23.0 Å². The lowest BCUT2D eigenvalue weighted by atomic mass is 10.3. The highest BCUT2D eigenvalue weighted by Crippen LogP contribution is 2.29. The minimum atomic E-state index is -0.866. The zero-order valence-corrected chi connectivity index (χ0v) is 12.3. The molecule has 0 saturated carbocycles. The van der Waals surface area contributed by atoms with Crippen LogP contribution < -0.4 is 5.32 Å². The van der Waals surface area contributed by atoms with Crippen molar-refractivity contribution in [3.8, 4) is 0 Å². The Morgan fingerprint density at radius 2 is 2.05 bits per heavy atom. The van der Waals surface area contributed by atoms with Gasteiger partial charge in [-0.25, -0.2) is 0 Å². The number of hydrogen-bond donors (Lipinski definition) is 2. The lowest BCUT2D eigenvalue weighted by molar-refractivity contribution is -0.137. The Balaban J connectivity index is 2.30. The SMILES string of the molecule is O=C(O)CCCNC(=O)CSc1cc(Cl)ccc1Cl. The van der Waals surface area contributed by atoms with E-state index >= 15 is 0 Å². The second-order valence-corrected chi connectivity index (χ2v) is 5.57. The minimum absolute atomic E-state index is 0.0492. The zero-order chi connectivity index (χ0) is 14.3. The molecule has 0 bridgehead atoms. The Labute approximate surface area is 125 Å². The van der Waals surface area contributed by atoms with E-state index in [9.17, 15) is 9.59 Å². The molecular formula is C12H13Cl2NO3S. The van der Waals surface area contributed by atoms with Gasteiger partial charge in [0.15, 0.2) is 0 Å². The molecular weight excluding hydrogens is 309 g/mol. The van der Waals surface area contributed by atoms with Gasteiger partial charge in [0.1, 0.15) is 0 Å². The third-order valence-electron chi connectivity index (χ3n) is 2.14. The predicted octanol–water partition coefficient (Wildman–Crippen LogP) is 3.07. The highest BCUT2D eigenvalue weighted by molar-refractivity contribution is 8.00. The normalized spacial score (nSPS) is 10.2. The van der Waals surface area contributed by atoms with E-state index in [0.717, 1.165) is 4.90 Å². The van der Waals surface area contributed by atoms with E-state index in [2.05, 4.69) is 5.32 Å². The molecule has 0 aliphatic carbocycles. The second-order valence-electron chi connectivity index (χ2n) is 3.71. The van der Waals surface area contributed by atoms with Crippen molar-refractivity contribution in [1.29, 1.82) is 0 Å². The molecule has 0 aliphatic rings. The smallest absolute Gasteiger partial charge is 0.303 e. The van der Waals surface area contributed by atoms with E-state index in [1.165, 1.54) is 11.8 Å². The lowest BCUT2D eigenvalue weighted by Crippen LogP contribution is -2.26. The highest BCUT2D eigenvalue weighted by Gasteiger charge is 2.06. The Morgan fingerprint density at radius 3 is 2.74 bits per heavy atom. The Bertz CT molecular complexity index is 468. The van der Waals surface area contributed by atoms with Crippen LogP contribution in [-0.2, 0) is 9.59 Å². The van der Waals surface area contributed by atoms with E-state index in [-0.39, 0.29) is 18.1 Å². The van der Waals surface area contributed by atoms with Gasteiger partial charge in [-0.2, -0.15) is 0 Å². The summed E-state index contributed by atoms with van der Waals surface area (Å²) < 4.78 is 0. The average molecular weight is 322 g/mol. The molecule has 1 rings (SSSR count). The number of aliphatic carboxylic acids is 1. The van der Waals surface area contributed by atoms with Crippen LogP contribution in [0.15, 0.2) is 23.1 Å². The van der Waals surface area contributed by atoms with Crippen molar-refractivity contribution >= 4 is 46.8 Å². The van der Waals surface area contributed by atoms with Crippen LogP contribution in [0.2, 0.25) is 10.0 Å². The summed E-state index contributed by atoms with van der Waals surface area (Å²) >= 11 is 13.1. The van der Waals surface area contributed by atoms with Gasteiger partial charge in [-0.05, 0) is 24.6 Å².